The summed E-state index contributed by atoms with van der Waals surface area (Å²) in [5, 5.41) is 3.55. The first-order chi connectivity index (χ1) is 4.13. The van der Waals surface area contributed by atoms with Gasteiger partial charge >= 0.3 is 0 Å². The SMILES string of the molecule is C=C(C)C=NNC(C)=O. The third-order valence-corrected chi connectivity index (χ3v) is 0.507. The Morgan fingerprint density at radius 1 is 1.67 bits per heavy atom. The van der Waals surface area contributed by atoms with Crippen LogP contribution < -0.4 is 5.43 Å². The van der Waals surface area contributed by atoms with Crippen molar-refractivity contribution in [2.24, 2.45) is 5.10 Å². The first-order valence-corrected chi connectivity index (χ1v) is 2.58. The van der Waals surface area contributed by atoms with E-state index in [-0.39, 0.29) is 5.91 Å². The summed E-state index contributed by atoms with van der Waals surface area (Å²) in [5.74, 6) is -0.174. The van der Waals surface area contributed by atoms with E-state index in [4.69, 9.17) is 0 Å². The molecule has 0 saturated heterocycles. The molecule has 0 rings (SSSR count). The molecule has 3 heteroatoms. The van der Waals surface area contributed by atoms with E-state index in [2.05, 4.69) is 17.1 Å². The van der Waals surface area contributed by atoms with Crippen molar-refractivity contribution in [3.63, 3.8) is 0 Å². The van der Waals surface area contributed by atoms with Crippen LogP contribution in [0.15, 0.2) is 17.3 Å². The molecule has 0 aromatic heterocycles. The van der Waals surface area contributed by atoms with Gasteiger partial charge in [-0.05, 0) is 12.5 Å². The van der Waals surface area contributed by atoms with E-state index in [9.17, 15) is 4.79 Å². The molecule has 1 N–H and O–H groups in total. The maximum Gasteiger partial charge on any atom is 0.236 e. The number of allylic oxidation sites excluding steroid dienone is 1. The molecule has 1 amide bonds. The highest BCUT2D eigenvalue weighted by atomic mass is 16.2. The monoisotopic (exact) mass is 126 g/mol. The topological polar surface area (TPSA) is 41.5 Å². The second kappa shape index (κ2) is 3.83. The molecule has 3 nitrogen and oxygen atoms in total. The summed E-state index contributed by atoms with van der Waals surface area (Å²) in [6.07, 6.45) is 1.49. The normalized spacial score (nSPS) is 9.56. The maximum atomic E-state index is 10.2. The van der Waals surface area contributed by atoms with Crippen LogP contribution in [-0.4, -0.2) is 12.1 Å². The smallest absolute Gasteiger partial charge is 0.236 e. The van der Waals surface area contributed by atoms with Crippen LogP contribution in [0.5, 0.6) is 0 Å². The quantitative estimate of drug-likeness (QED) is 0.429. The van der Waals surface area contributed by atoms with Crippen molar-refractivity contribution in [2.75, 3.05) is 0 Å². The molecule has 9 heavy (non-hydrogen) atoms. The third kappa shape index (κ3) is 6.88. The number of hydrogen-bond acceptors (Lipinski definition) is 2. The van der Waals surface area contributed by atoms with Crippen molar-refractivity contribution < 1.29 is 4.79 Å². The summed E-state index contributed by atoms with van der Waals surface area (Å²) >= 11 is 0. The molecule has 0 unspecified atom stereocenters. The molecule has 0 saturated carbocycles. The van der Waals surface area contributed by atoms with Crippen molar-refractivity contribution in [1.82, 2.24) is 5.43 Å². The van der Waals surface area contributed by atoms with Crippen LogP contribution >= 0.6 is 0 Å². The van der Waals surface area contributed by atoms with Gasteiger partial charge in [-0.3, -0.25) is 4.79 Å². The van der Waals surface area contributed by atoms with Gasteiger partial charge in [0.25, 0.3) is 0 Å². The van der Waals surface area contributed by atoms with Gasteiger partial charge in [-0.1, -0.05) is 6.58 Å². The van der Waals surface area contributed by atoms with E-state index in [0.29, 0.717) is 0 Å². The van der Waals surface area contributed by atoms with Gasteiger partial charge in [0.2, 0.25) is 5.91 Å². The predicted molar refractivity (Wildman–Crippen MR) is 37.1 cm³/mol. The zero-order valence-corrected chi connectivity index (χ0v) is 5.64. The highest BCUT2D eigenvalue weighted by molar-refractivity contribution is 5.79. The molecule has 0 aliphatic heterocycles. The summed E-state index contributed by atoms with van der Waals surface area (Å²) in [5.41, 5.74) is 3.06. The number of nitrogens with one attached hydrogen (secondary N) is 1. The molecule has 0 bridgehead atoms. The fourth-order valence-electron chi connectivity index (χ4n) is 0.233. The summed E-state index contributed by atoms with van der Waals surface area (Å²) < 4.78 is 0. The fraction of sp³-hybridized carbons (Fsp3) is 0.333. The average molecular weight is 126 g/mol. The fourth-order valence-corrected chi connectivity index (χ4v) is 0.233. The van der Waals surface area contributed by atoms with Crippen molar-refractivity contribution in [2.45, 2.75) is 13.8 Å². The lowest BCUT2D eigenvalue weighted by molar-refractivity contribution is -0.118. The molecular weight excluding hydrogens is 116 g/mol. The lowest BCUT2D eigenvalue weighted by atomic mass is 10.4. The third-order valence-electron chi connectivity index (χ3n) is 0.507. The average Bonchev–Trinajstić information content (AvgIpc) is 1.63. The minimum atomic E-state index is -0.174. The molecule has 50 valence electrons. The van der Waals surface area contributed by atoms with Crippen LogP contribution in [-0.2, 0) is 4.79 Å². The number of carbonyl (C=O) groups is 1. The van der Waals surface area contributed by atoms with Crippen LogP contribution in [0.1, 0.15) is 13.8 Å². The molecule has 0 radical (unpaired) electrons. The molecule has 0 aromatic rings. The summed E-state index contributed by atoms with van der Waals surface area (Å²) in [7, 11) is 0. The van der Waals surface area contributed by atoms with Crippen molar-refractivity contribution in [3.05, 3.63) is 12.2 Å². The lowest BCUT2D eigenvalue weighted by Crippen LogP contribution is -2.11. The highest BCUT2D eigenvalue weighted by Crippen LogP contribution is 1.76. The minimum absolute atomic E-state index is 0.174. The van der Waals surface area contributed by atoms with E-state index < -0.39 is 0 Å². The molecule has 0 aromatic carbocycles. The number of rotatable bonds is 2. The predicted octanol–water partition coefficient (Wildman–Crippen LogP) is 0.684. The van der Waals surface area contributed by atoms with E-state index in [1.165, 1.54) is 13.1 Å². The second-order valence-electron chi connectivity index (χ2n) is 1.77. The summed E-state index contributed by atoms with van der Waals surface area (Å²) in [6, 6.07) is 0. The summed E-state index contributed by atoms with van der Waals surface area (Å²) in [6.45, 7) is 6.75. The van der Waals surface area contributed by atoms with Crippen molar-refractivity contribution in [3.8, 4) is 0 Å². The number of carbonyl (C=O) groups excluding carboxylic acids is 1. The van der Waals surface area contributed by atoms with Crippen molar-refractivity contribution in [1.29, 1.82) is 0 Å². The number of hydrogen-bond donors (Lipinski definition) is 1. The molecule has 0 aliphatic carbocycles. The van der Waals surface area contributed by atoms with Gasteiger partial charge in [0, 0.05) is 13.1 Å². The van der Waals surface area contributed by atoms with Crippen LogP contribution in [0.4, 0.5) is 0 Å². The van der Waals surface area contributed by atoms with E-state index >= 15 is 0 Å². The Morgan fingerprint density at radius 3 is 2.56 bits per heavy atom. The zero-order chi connectivity index (χ0) is 7.28. The Hall–Kier alpha value is -1.12. The molecular formula is C6H10N2O. The standard InChI is InChI=1S/C6H10N2O/c1-5(2)4-7-8-6(3)9/h4H,1H2,2-3H3,(H,8,9). The van der Waals surface area contributed by atoms with Gasteiger partial charge in [-0.2, -0.15) is 5.10 Å². The maximum absolute atomic E-state index is 10.2. The minimum Gasteiger partial charge on any atom is -0.274 e. The van der Waals surface area contributed by atoms with Crippen LogP contribution in [0.2, 0.25) is 0 Å². The van der Waals surface area contributed by atoms with Crippen LogP contribution in [0, 0.1) is 0 Å². The van der Waals surface area contributed by atoms with Crippen LogP contribution in [0.3, 0.4) is 0 Å². The number of hydrazone groups is 1. The Labute approximate surface area is 54.5 Å². The van der Waals surface area contributed by atoms with Crippen LogP contribution in [0.25, 0.3) is 0 Å². The van der Waals surface area contributed by atoms with Gasteiger partial charge in [-0.25, -0.2) is 5.43 Å². The zero-order valence-electron chi connectivity index (χ0n) is 5.64. The second-order valence-corrected chi connectivity index (χ2v) is 1.77. The first kappa shape index (κ1) is 7.88. The molecule has 0 spiro atoms. The molecule has 0 aliphatic rings. The van der Waals surface area contributed by atoms with Gasteiger partial charge in [-0.15, -0.1) is 0 Å². The van der Waals surface area contributed by atoms with Gasteiger partial charge in [0.05, 0.1) is 0 Å². The van der Waals surface area contributed by atoms with Crippen molar-refractivity contribution >= 4 is 12.1 Å². The molecule has 0 atom stereocenters. The Kier molecular flexibility index (Phi) is 3.35. The Balaban J connectivity index is 3.48. The summed E-state index contributed by atoms with van der Waals surface area (Å²) in [4.78, 5) is 10.2. The van der Waals surface area contributed by atoms with E-state index in [1.807, 2.05) is 0 Å². The molecule has 0 fully saturated rings. The van der Waals surface area contributed by atoms with Gasteiger partial charge in [0.1, 0.15) is 0 Å². The number of amides is 1. The number of nitrogens with zero attached hydrogens (tertiary/aromatic N) is 1. The van der Waals surface area contributed by atoms with E-state index in [0.717, 1.165) is 5.57 Å². The van der Waals surface area contributed by atoms with Gasteiger partial charge < -0.3 is 0 Å². The highest BCUT2D eigenvalue weighted by Gasteiger charge is 1.81. The molecule has 0 heterocycles. The largest absolute Gasteiger partial charge is 0.274 e. The Bertz CT molecular complexity index is 149. The Morgan fingerprint density at radius 2 is 2.22 bits per heavy atom. The lowest BCUT2D eigenvalue weighted by Gasteiger charge is -1.88. The van der Waals surface area contributed by atoms with E-state index in [1.54, 1.807) is 6.92 Å². The first-order valence-electron chi connectivity index (χ1n) is 2.58. The van der Waals surface area contributed by atoms with Gasteiger partial charge in [0.15, 0.2) is 0 Å².